The number of esters is 2. The van der Waals surface area contributed by atoms with Crippen molar-refractivity contribution < 1.29 is 29.0 Å². The Balaban J connectivity index is 2.38. The Kier molecular flexibility index (Phi) is 4.67. The Morgan fingerprint density at radius 2 is 1.87 bits per heavy atom. The topological polar surface area (TPSA) is 102 Å². The maximum Gasteiger partial charge on any atom is 0.350 e. The third-order valence-electron chi connectivity index (χ3n) is 2.80. The first-order chi connectivity index (χ1) is 10.6. The molecule has 1 aliphatic rings. The quantitative estimate of drug-likeness (QED) is 0.454. The molecule has 2 N–H and O–H groups in total. The van der Waals surface area contributed by atoms with Crippen molar-refractivity contribution in [3.63, 3.8) is 0 Å². The second kappa shape index (κ2) is 6.21. The average molecular weight is 405 g/mol. The van der Waals surface area contributed by atoms with E-state index in [0.717, 1.165) is 6.20 Å². The van der Waals surface area contributed by atoms with E-state index >= 15 is 0 Å². The molecule has 0 aliphatic carbocycles. The molecule has 0 radical (unpaired) electrons. The molecule has 0 unspecified atom stereocenters. The molecule has 0 atom stereocenters. The van der Waals surface area contributed by atoms with Crippen LogP contribution in [0, 0.1) is 0 Å². The largest absolute Gasteiger partial charge is 0.478 e. The summed E-state index contributed by atoms with van der Waals surface area (Å²) in [5.74, 6) is -4.39. The lowest BCUT2D eigenvalue weighted by molar-refractivity contribution is -0.222. The lowest BCUT2D eigenvalue weighted by atomic mass is 10.1. The van der Waals surface area contributed by atoms with Gasteiger partial charge in [0.05, 0.1) is 10.7 Å². The summed E-state index contributed by atoms with van der Waals surface area (Å²) in [4.78, 5) is 35.0. The minimum Gasteiger partial charge on any atom is -0.478 e. The number of benzene rings is 1. The highest BCUT2D eigenvalue weighted by Gasteiger charge is 2.39. The van der Waals surface area contributed by atoms with Crippen LogP contribution in [0.3, 0.4) is 0 Å². The summed E-state index contributed by atoms with van der Waals surface area (Å²) < 4.78 is 10.2. The molecule has 0 spiro atoms. The number of hydrogen-bond donors (Lipinski definition) is 2. The van der Waals surface area contributed by atoms with E-state index < -0.39 is 29.3 Å². The van der Waals surface area contributed by atoms with Crippen LogP contribution in [0.4, 0.5) is 5.69 Å². The van der Waals surface area contributed by atoms with Crippen molar-refractivity contribution in [2.75, 3.05) is 5.32 Å². The van der Waals surface area contributed by atoms with Gasteiger partial charge in [-0.1, -0.05) is 11.6 Å². The van der Waals surface area contributed by atoms with Gasteiger partial charge in [-0.05, 0) is 28.1 Å². The summed E-state index contributed by atoms with van der Waals surface area (Å²) in [6.45, 7) is 2.84. The molecule has 1 aromatic carbocycles. The first-order valence-electron chi connectivity index (χ1n) is 6.27. The number of aromatic carboxylic acids is 1. The molecular formula is C14H11BrClNO6. The first-order valence-corrected chi connectivity index (χ1v) is 7.44. The van der Waals surface area contributed by atoms with Crippen LogP contribution in [0.25, 0.3) is 0 Å². The van der Waals surface area contributed by atoms with Gasteiger partial charge in [-0.2, -0.15) is 0 Å². The molecule has 2 rings (SSSR count). The van der Waals surface area contributed by atoms with E-state index in [2.05, 4.69) is 21.2 Å². The van der Waals surface area contributed by atoms with Crippen LogP contribution >= 0.6 is 27.5 Å². The molecule has 0 amide bonds. The zero-order chi connectivity index (χ0) is 17.4. The number of anilines is 1. The molecule has 1 heterocycles. The van der Waals surface area contributed by atoms with Gasteiger partial charge in [-0.3, -0.25) is 0 Å². The number of ether oxygens (including phenoxy) is 2. The minimum atomic E-state index is -1.35. The lowest BCUT2D eigenvalue weighted by Gasteiger charge is -2.29. The number of carbonyl (C=O) groups is 3. The molecule has 0 saturated carbocycles. The number of hydrogen-bond acceptors (Lipinski definition) is 6. The molecule has 1 aliphatic heterocycles. The smallest absolute Gasteiger partial charge is 0.350 e. The van der Waals surface area contributed by atoms with Gasteiger partial charge < -0.3 is 19.9 Å². The van der Waals surface area contributed by atoms with Crippen LogP contribution in [0.5, 0.6) is 0 Å². The van der Waals surface area contributed by atoms with E-state index in [1.165, 1.54) is 26.0 Å². The average Bonchev–Trinajstić information content (AvgIpc) is 2.39. The number of rotatable bonds is 3. The predicted octanol–water partition coefficient (Wildman–Crippen LogP) is 2.93. The van der Waals surface area contributed by atoms with Crippen LogP contribution in [0.15, 0.2) is 28.4 Å². The number of carboxylic acid groups (broad SMARTS) is 1. The summed E-state index contributed by atoms with van der Waals surface area (Å²) in [5, 5.41) is 11.8. The van der Waals surface area contributed by atoms with Crippen LogP contribution < -0.4 is 5.32 Å². The van der Waals surface area contributed by atoms with Crippen molar-refractivity contribution in [2.45, 2.75) is 19.6 Å². The second-order valence-electron chi connectivity index (χ2n) is 4.97. The van der Waals surface area contributed by atoms with Crippen molar-refractivity contribution in [1.29, 1.82) is 0 Å². The van der Waals surface area contributed by atoms with Crippen molar-refractivity contribution in [1.82, 2.24) is 0 Å². The zero-order valence-corrected chi connectivity index (χ0v) is 14.3. The van der Waals surface area contributed by atoms with E-state index in [1.807, 2.05) is 0 Å². The fraction of sp³-hybridized carbons (Fsp3) is 0.214. The van der Waals surface area contributed by atoms with Crippen molar-refractivity contribution in [2.24, 2.45) is 0 Å². The maximum absolute atomic E-state index is 11.8. The number of nitrogens with one attached hydrogen (secondary N) is 1. The molecule has 7 nitrogen and oxygen atoms in total. The SMILES string of the molecule is CC1(C)OC(=O)C(=CNc2c(Br)ccc(Cl)c2C(=O)O)C(=O)O1. The van der Waals surface area contributed by atoms with Gasteiger partial charge in [-0.25, -0.2) is 14.4 Å². The Morgan fingerprint density at radius 3 is 2.39 bits per heavy atom. The van der Waals surface area contributed by atoms with Gasteiger partial charge in [0.2, 0.25) is 0 Å². The van der Waals surface area contributed by atoms with Crippen LogP contribution in [-0.2, 0) is 19.1 Å². The summed E-state index contributed by atoms with van der Waals surface area (Å²) in [6, 6.07) is 2.93. The molecule has 0 aromatic heterocycles. The molecule has 23 heavy (non-hydrogen) atoms. The van der Waals surface area contributed by atoms with E-state index in [4.69, 9.17) is 21.1 Å². The van der Waals surface area contributed by atoms with Crippen molar-refractivity contribution >= 4 is 51.1 Å². The second-order valence-corrected chi connectivity index (χ2v) is 6.23. The highest BCUT2D eigenvalue weighted by molar-refractivity contribution is 9.10. The third-order valence-corrected chi connectivity index (χ3v) is 3.77. The van der Waals surface area contributed by atoms with Gasteiger partial charge >= 0.3 is 17.9 Å². The summed E-state index contributed by atoms with van der Waals surface area (Å²) in [5.41, 5.74) is -0.522. The van der Waals surface area contributed by atoms with Gasteiger partial charge in [-0.15, -0.1) is 0 Å². The fourth-order valence-corrected chi connectivity index (χ4v) is 2.51. The number of carboxylic acids is 1. The highest BCUT2D eigenvalue weighted by atomic mass is 79.9. The first kappa shape index (κ1) is 17.3. The van der Waals surface area contributed by atoms with E-state index in [0.29, 0.717) is 4.47 Å². The van der Waals surface area contributed by atoms with Gasteiger partial charge in [0.1, 0.15) is 5.56 Å². The summed E-state index contributed by atoms with van der Waals surface area (Å²) in [7, 11) is 0. The molecule has 0 bridgehead atoms. The Hall–Kier alpha value is -2.06. The molecular weight excluding hydrogens is 394 g/mol. The third kappa shape index (κ3) is 3.65. The molecule has 1 aromatic rings. The molecule has 1 saturated heterocycles. The van der Waals surface area contributed by atoms with E-state index in [1.54, 1.807) is 0 Å². The maximum atomic E-state index is 11.8. The monoisotopic (exact) mass is 403 g/mol. The van der Waals surface area contributed by atoms with Crippen LogP contribution in [0.1, 0.15) is 24.2 Å². The summed E-state index contributed by atoms with van der Waals surface area (Å²) in [6.07, 6.45) is 1.02. The van der Waals surface area contributed by atoms with Crippen LogP contribution in [-0.4, -0.2) is 28.8 Å². The summed E-state index contributed by atoms with van der Waals surface area (Å²) >= 11 is 9.04. The Labute approximate surface area is 144 Å². The van der Waals surface area contributed by atoms with E-state index in [-0.39, 0.29) is 16.3 Å². The normalized spacial score (nSPS) is 16.4. The lowest BCUT2D eigenvalue weighted by Crippen LogP contribution is -2.42. The van der Waals surface area contributed by atoms with Crippen LogP contribution in [0.2, 0.25) is 5.02 Å². The van der Waals surface area contributed by atoms with Gasteiger partial charge in [0, 0.05) is 24.5 Å². The van der Waals surface area contributed by atoms with Crippen molar-refractivity contribution in [3.8, 4) is 0 Å². The van der Waals surface area contributed by atoms with Gasteiger partial charge in [0.25, 0.3) is 5.79 Å². The number of carbonyl (C=O) groups excluding carboxylic acids is 2. The zero-order valence-electron chi connectivity index (χ0n) is 12.0. The fourth-order valence-electron chi connectivity index (χ4n) is 1.82. The van der Waals surface area contributed by atoms with Crippen molar-refractivity contribution in [3.05, 3.63) is 39.0 Å². The molecule has 1 fully saturated rings. The predicted molar refractivity (Wildman–Crippen MR) is 84.1 cm³/mol. The number of halogens is 2. The van der Waals surface area contributed by atoms with Gasteiger partial charge in [0.15, 0.2) is 5.57 Å². The van der Waals surface area contributed by atoms with E-state index in [9.17, 15) is 19.5 Å². The Morgan fingerprint density at radius 1 is 1.30 bits per heavy atom. The number of cyclic esters (lactones) is 2. The minimum absolute atomic E-state index is 0.00321. The Bertz CT molecular complexity index is 721. The molecule has 9 heteroatoms. The standard InChI is InChI=1S/C14H11BrClNO6/c1-14(2)22-12(20)6(13(21)23-14)5-17-10-7(15)3-4-8(16)9(10)11(18)19/h3-5,17H,1-2H3,(H,18,19). The molecule has 122 valence electrons. The highest BCUT2D eigenvalue weighted by Crippen LogP contribution is 2.32.